The smallest absolute Gasteiger partial charge is 0.261 e. The zero-order valence-electron chi connectivity index (χ0n) is 12.9. The highest BCUT2D eigenvalue weighted by molar-refractivity contribution is 5.91. The maximum Gasteiger partial charge on any atom is 0.261 e. The van der Waals surface area contributed by atoms with Crippen molar-refractivity contribution in [1.82, 2.24) is 14.8 Å². The van der Waals surface area contributed by atoms with Gasteiger partial charge in [0.05, 0.1) is 5.52 Å². The quantitative estimate of drug-likeness (QED) is 0.771. The highest BCUT2D eigenvalue weighted by Gasteiger charge is 2.24. The second kappa shape index (κ2) is 5.02. The van der Waals surface area contributed by atoms with Crippen LogP contribution in [0.1, 0.15) is 12.8 Å². The number of pyridine rings is 1. The summed E-state index contributed by atoms with van der Waals surface area (Å²) in [5.41, 5.74) is 1.52. The summed E-state index contributed by atoms with van der Waals surface area (Å²) in [5.74, 6) is 2.65. The molecular formula is C17H16N4O3. The molecule has 5 rings (SSSR count). The Bertz CT molecular complexity index is 987. The molecule has 0 unspecified atom stereocenters. The van der Waals surface area contributed by atoms with Gasteiger partial charge in [-0.25, -0.2) is 0 Å². The van der Waals surface area contributed by atoms with Crippen LogP contribution < -0.4 is 20.3 Å². The minimum atomic E-state index is -0.141. The monoisotopic (exact) mass is 324 g/mol. The first-order chi connectivity index (χ1) is 11.8. The van der Waals surface area contributed by atoms with Gasteiger partial charge in [-0.05, 0) is 37.0 Å². The molecule has 122 valence electrons. The first kappa shape index (κ1) is 13.5. The first-order valence-electron chi connectivity index (χ1n) is 8.03. The average molecular weight is 324 g/mol. The number of H-pyrrole nitrogens is 1. The van der Waals surface area contributed by atoms with Gasteiger partial charge in [0, 0.05) is 24.5 Å². The topological polar surface area (TPSA) is 81.2 Å². The van der Waals surface area contributed by atoms with E-state index in [1.54, 1.807) is 6.20 Å². The molecule has 3 heterocycles. The standard InChI is InChI=1S/C17H16N4O3/c22-17-15-12(5-6-18-17)21(8-10-1-2-10)20-16(15)19-11-3-4-13-14(7-11)24-9-23-13/h3-7,10H,1-2,8-9H2,(H,18,22)(H,19,20). The molecule has 0 radical (unpaired) electrons. The van der Waals surface area contributed by atoms with E-state index in [1.165, 1.54) is 12.8 Å². The lowest BCUT2D eigenvalue weighted by Crippen LogP contribution is -2.06. The normalized spacial score (nSPS) is 15.8. The SMILES string of the molecule is O=c1[nH]ccc2c1c(Nc1ccc3c(c1)OCO3)nn2CC1CC1. The summed E-state index contributed by atoms with van der Waals surface area (Å²) in [4.78, 5) is 15.0. The highest BCUT2D eigenvalue weighted by Crippen LogP contribution is 2.36. The fourth-order valence-corrected chi connectivity index (χ4v) is 3.02. The Labute approximate surface area is 137 Å². The Morgan fingerprint density at radius 3 is 3.00 bits per heavy atom. The molecule has 1 saturated carbocycles. The third-order valence-corrected chi connectivity index (χ3v) is 4.44. The summed E-state index contributed by atoms with van der Waals surface area (Å²) in [5, 5.41) is 8.46. The number of benzene rings is 1. The third kappa shape index (κ3) is 2.20. The van der Waals surface area contributed by atoms with Crippen LogP contribution in [0.2, 0.25) is 0 Å². The largest absolute Gasteiger partial charge is 0.454 e. The maximum absolute atomic E-state index is 12.3. The summed E-state index contributed by atoms with van der Waals surface area (Å²) in [6.07, 6.45) is 4.13. The number of nitrogens with zero attached hydrogens (tertiary/aromatic N) is 2. The van der Waals surface area contributed by atoms with E-state index in [4.69, 9.17) is 9.47 Å². The van der Waals surface area contributed by atoms with E-state index >= 15 is 0 Å². The second-order valence-electron chi connectivity index (χ2n) is 6.23. The Hall–Kier alpha value is -2.96. The van der Waals surface area contributed by atoms with Gasteiger partial charge in [0.25, 0.3) is 5.56 Å². The molecule has 7 heteroatoms. The van der Waals surface area contributed by atoms with Crippen molar-refractivity contribution in [3.8, 4) is 11.5 Å². The molecule has 0 bridgehead atoms. The van der Waals surface area contributed by atoms with E-state index in [2.05, 4.69) is 15.4 Å². The van der Waals surface area contributed by atoms with Gasteiger partial charge in [0.1, 0.15) is 5.39 Å². The zero-order chi connectivity index (χ0) is 16.1. The lowest BCUT2D eigenvalue weighted by atomic mass is 10.2. The maximum atomic E-state index is 12.3. The fraction of sp³-hybridized carbons (Fsp3) is 0.294. The van der Waals surface area contributed by atoms with E-state index in [-0.39, 0.29) is 12.4 Å². The number of nitrogens with one attached hydrogen (secondary N) is 2. The van der Waals surface area contributed by atoms with Crippen molar-refractivity contribution in [3.63, 3.8) is 0 Å². The van der Waals surface area contributed by atoms with E-state index < -0.39 is 0 Å². The summed E-state index contributed by atoms with van der Waals surface area (Å²) < 4.78 is 12.6. The summed E-state index contributed by atoms with van der Waals surface area (Å²) in [6, 6.07) is 7.48. The highest BCUT2D eigenvalue weighted by atomic mass is 16.7. The lowest BCUT2D eigenvalue weighted by Gasteiger charge is -2.04. The predicted molar refractivity (Wildman–Crippen MR) is 88.9 cm³/mol. The predicted octanol–water partition coefficient (Wildman–Crippen LogP) is 2.61. The minimum Gasteiger partial charge on any atom is -0.454 e. The van der Waals surface area contributed by atoms with E-state index in [0.29, 0.717) is 22.9 Å². The van der Waals surface area contributed by atoms with Crippen molar-refractivity contribution in [2.24, 2.45) is 5.92 Å². The van der Waals surface area contributed by atoms with Crippen LogP contribution in [0.25, 0.3) is 10.9 Å². The fourth-order valence-electron chi connectivity index (χ4n) is 3.02. The van der Waals surface area contributed by atoms with Crippen molar-refractivity contribution in [2.75, 3.05) is 12.1 Å². The van der Waals surface area contributed by atoms with Gasteiger partial charge in [-0.3, -0.25) is 9.48 Å². The number of fused-ring (bicyclic) bond motifs is 2. The Kier molecular flexibility index (Phi) is 2.82. The van der Waals surface area contributed by atoms with E-state index in [1.807, 2.05) is 28.9 Å². The average Bonchev–Trinajstić information content (AvgIpc) is 3.15. The molecule has 2 N–H and O–H groups in total. The lowest BCUT2D eigenvalue weighted by molar-refractivity contribution is 0.174. The van der Waals surface area contributed by atoms with Gasteiger partial charge in [-0.2, -0.15) is 5.10 Å². The van der Waals surface area contributed by atoms with E-state index in [9.17, 15) is 4.79 Å². The second-order valence-corrected chi connectivity index (χ2v) is 6.23. The van der Waals surface area contributed by atoms with Crippen LogP contribution in [0.15, 0.2) is 35.3 Å². The summed E-state index contributed by atoms with van der Waals surface area (Å²) in [7, 11) is 0. The van der Waals surface area contributed by atoms with Gasteiger partial charge < -0.3 is 19.8 Å². The van der Waals surface area contributed by atoms with Crippen LogP contribution >= 0.6 is 0 Å². The van der Waals surface area contributed by atoms with Crippen LogP contribution in [0.3, 0.4) is 0 Å². The molecule has 7 nitrogen and oxygen atoms in total. The van der Waals surface area contributed by atoms with Crippen LogP contribution in [0.4, 0.5) is 11.5 Å². The number of aromatic amines is 1. The van der Waals surface area contributed by atoms with Gasteiger partial charge in [0.15, 0.2) is 17.3 Å². The van der Waals surface area contributed by atoms with Gasteiger partial charge in [-0.1, -0.05) is 0 Å². The van der Waals surface area contributed by atoms with Crippen LogP contribution in [-0.2, 0) is 6.54 Å². The van der Waals surface area contributed by atoms with Gasteiger partial charge in [0.2, 0.25) is 6.79 Å². The molecule has 0 saturated heterocycles. The molecule has 3 aromatic rings. The zero-order valence-corrected chi connectivity index (χ0v) is 12.9. The Balaban J connectivity index is 1.57. The molecule has 2 aromatic heterocycles. The number of rotatable bonds is 4. The summed E-state index contributed by atoms with van der Waals surface area (Å²) >= 11 is 0. The number of hydrogen-bond donors (Lipinski definition) is 2. The molecule has 2 aliphatic rings. The number of ether oxygens (including phenoxy) is 2. The van der Waals surface area contributed by atoms with Crippen LogP contribution in [0.5, 0.6) is 11.5 Å². The molecule has 1 aliphatic heterocycles. The number of anilines is 2. The molecule has 0 spiro atoms. The molecular weight excluding hydrogens is 308 g/mol. The Morgan fingerprint density at radius 2 is 2.12 bits per heavy atom. The first-order valence-corrected chi connectivity index (χ1v) is 8.03. The van der Waals surface area contributed by atoms with Gasteiger partial charge >= 0.3 is 0 Å². The third-order valence-electron chi connectivity index (χ3n) is 4.44. The molecule has 1 fully saturated rings. The minimum absolute atomic E-state index is 0.141. The molecule has 0 amide bonds. The van der Waals surface area contributed by atoms with Crippen molar-refractivity contribution in [2.45, 2.75) is 19.4 Å². The summed E-state index contributed by atoms with van der Waals surface area (Å²) in [6.45, 7) is 1.08. The van der Waals surface area contributed by atoms with Crippen molar-refractivity contribution in [1.29, 1.82) is 0 Å². The molecule has 24 heavy (non-hydrogen) atoms. The van der Waals surface area contributed by atoms with E-state index in [0.717, 1.165) is 23.5 Å². The Morgan fingerprint density at radius 1 is 1.25 bits per heavy atom. The number of hydrogen-bond acceptors (Lipinski definition) is 5. The van der Waals surface area contributed by atoms with Crippen molar-refractivity contribution < 1.29 is 9.47 Å². The molecule has 1 aliphatic carbocycles. The van der Waals surface area contributed by atoms with Gasteiger partial charge in [-0.15, -0.1) is 0 Å². The molecule has 0 atom stereocenters. The van der Waals surface area contributed by atoms with Crippen molar-refractivity contribution in [3.05, 3.63) is 40.8 Å². The van der Waals surface area contributed by atoms with Crippen LogP contribution in [-0.4, -0.2) is 21.6 Å². The number of aromatic nitrogens is 3. The van der Waals surface area contributed by atoms with Crippen LogP contribution in [0, 0.1) is 5.92 Å². The molecule has 1 aromatic carbocycles. The van der Waals surface area contributed by atoms with Crippen molar-refractivity contribution >= 4 is 22.4 Å².